The van der Waals surface area contributed by atoms with E-state index < -0.39 is 5.91 Å². The molecule has 0 aromatic heterocycles. The van der Waals surface area contributed by atoms with Crippen molar-refractivity contribution in [3.8, 4) is 11.5 Å². The number of carbonyl (C=O) groups excluding carboxylic acids is 1. The minimum Gasteiger partial charge on any atom is -0.457 e. The predicted octanol–water partition coefficient (Wildman–Crippen LogP) is 3.46. The maximum Gasteiger partial charge on any atom is 0.250 e. The molecule has 2 rings (SSSR count). The first-order valence-corrected chi connectivity index (χ1v) is 6.75. The van der Waals surface area contributed by atoms with Gasteiger partial charge in [-0.15, -0.1) is 0 Å². The van der Waals surface area contributed by atoms with Gasteiger partial charge in [0.25, 0.3) is 5.91 Å². The van der Waals surface area contributed by atoms with Crippen LogP contribution in [0.25, 0.3) is 0 Å². The highest BCUT2D eigenvalue weighted by molar-refractivity contribution is 5.98. The molecule has 21 heavy (non-hydrogen) atoms. The third-order valence-electron chi connectivity index (χ3n) is 3.23. The van der Waals surface area contributed by atoms with E-state index in [1.807, 2.05) is 18.2 Å². The van der Waals surface area contributed by atoms with Crippen molar-refractivity contribution in [3.05, 3.63) is 53.6 Å². The summed E-state index contributed by atoms with van der Waals surface area (Å²) in [7, 11) is 0. The van der Waals surface area contributed by atoms with Crippen molar-refractivity contribution >= 4 is 11.6 Å². The molecular weight excluding hydrogens is 264 g/mol. The van der Waals surface area contributed by atoms with Gasteiger partial charge in [0, 0.05) is 5.69 Å². The highest BCUT2D eigenvalue weighted by Gasteiger charge is 2.14. The fraction of sp³-hybridized carbons (Fsp3) is 0.235. The summed E-state index contributed by atoms with van der Waals surface area (Å²) in [6.45, 7) is 6.42. The molecule has 0 bridgehead atoms. The van der Waals surface area contributed by atoms with Crippen molar-refractivity contribution in [1.29, 1.82) is 0 Å². The van der Waals surface area contributed by atoms with E-state index in [2.05, 4.69) is 26.8 Å². The number of primary amides is 1. The van der Waals surface area contributed by atoms with Gasteiger partial charge in [0.05, 0.1) is 5.56 Å². The van der Waals surface area contributed by atoms with Gasteiger partial charge in [0.15, 0.2) is 0 Å². The fourth-order valence-electron chi connectivity index (χ4n) is 1.97. The lowest BCUT2D eigenvalue weighted by Gasteiger charge is -2.19. The van der Waals surface area contributed by atoms with Crippen molar-refractivity contribution in [1.82, 2.24) is 0 Å². The highest BCUT2D eigenvalue weighted by atomic mass is 16.5. The van der Waals surface area contributed by atoms with Crippen LogP contribution in [-0.4, -0.2) is 5.91 Å². The second-order valence-electron chi connectivity index (χ2n) is 5.99. The third kappa shape index (κ3) is 3.54. The van der Waals surface area contributed by atoms with Crippen LogP contribution in [0.4, 0.5) is 5.69 Å². The minimum atomic E-state index is -0.568. The minimum absolute atomic E-state index is 0.0405. The van der Waals surface area contributed by atoms with E-state index in [4.69, 9.17) is 16.2 Å². The number of nitrogen functional groups attached to an aromatic ring is 1. The van der Waals surface area contributed by atoms with Crippen LogP contribution in [0.1, 0.15) is 36.7 Å². The zero-order chi connectivity index (χ0) is 15.6. The smallest absolute Gasteiger partial charge is 0.250 e. The Morgan fingerprint density at radius 2 is 1.71 bits per heavy atom. The Hall–Kier alpha value is -2.49. The summed E-state index contributed by atoms with van der Waals surface area (Å²) in [6, 6.07) is 12.7. The van der Waals surface area contributed by atoms with Crippen LogP contribution < -0.4 is 16.2 Å². The monoisotopic (exact) mass is 284 g/mol. The van der Waals surface area contributed by atoms with Gasteiger partial charge in [-0.2, -0.15) is 0 Å². The highest BCUT2D eigenvalue weighted by Crippen LogP contribution is 2.29. The van der Waals surface area contributed by atoms with Gasteiger partial charge < -0.3 is 16.2 Å². The Morgan fingerprint density at radius 3 is 2.33 bits per heavy atom. The first kappa shape index (κ1) is 14.9. The molecule has 110 valence electrons. The largest absolute Gasteiger partial charge is 0.457 e. The number of hydrogen-bond acceptors (Lipinski definition) is 3. The van der Waals surface area contributed by atoms with E-state index in [0.29, 0.717) is 17.2 Å². The molecular formula is C17H20N2O2. The number of nitrogens with two attached hydrogens (primary N) is 2. The van der Waals surface area contributed by atoms with Crippen molar-refractivity contribution in [2.75, 3.05) is 5.73 Å². The van der Waals surface area contributed by atoms with Gasteiger partial charge in [-0.3, -0.25) is 4.79 Å². The molecule has 4 nitrogen and oxygen atoms in total. The quantitative estimate of drug-likeness (QED) is 0.847. The van der Waals surface area contributed by atoms with Crippen molar-refractivity contribution in [2.45, 2.75) is 26.2 Å². The van der Waals surface area contributed by atoms with Gasteiger partial charge >= 0.3 is 0 Å². The number of rotatable bonds is 3. The topological polar surface area (TPSA) is 78.3 Å². The van der Waals surface area contributed by atoms with Crippen molar-refractivity contribution in [2.24, 2.45) is 5.73 Å². The first-order valence-electron chi connectivity index (χ1n) is 6.75. The maximum atomic E-state index is 11.3. The Morgan fingerprint density at radius 1 is 1.05 bits per heavy atom. The normalized spacial score (nSPS) is 11.2. The summed E-state index contributed by atoms with van der Waals surface area (Å²) in [6.07, 6.45) is 0. The molecule has 0 saturated carbocycles. The molecule has 0 fully saturated rings. The lowest BCUT2D eigenvalue weighted by atomic mass is 9.87. The molecule has 0 aliphatic carbocycles. The Balaban J connectivity index is 2.31. The summed E-state index contributed by atoms with van der Waals surface area (Å²) >= 11 is 0. The SMILES string of the molecule is CC(C)(C)c1cccc(Oc2ccc(N)c(C(N)=O)c2)c1. The standard InChI is InChI=1S/C17H20N2O2/c1-17(2,3)11-5-4-6-12(9-11)21-13-7-8-15(18)14(10-13)16(19)20/h4-10H,18H2,1-3H3,(H2,19,20). The number of anilines is 1. The second-order valence-corrected chi connectivity index (χ2v) is 5.99. The lowest BCUT2D eigenvalue weighted by Crippen LogP contribution is -2.13. The van der Waals surface area contributed by atoms with Crippen LogP contribution in [0.2, 0.25) is 0 Å². The Kier molecular flexibility index (Phi) is 3.89. The van der Waals surface area contributed by atoms with Gasteiger partial charge in [-0.1, -0.05) is 32.9 Å². The number of amides is 1. The zero-order valence-electron chi connectivity index (χ0n) is 12.5. The fourth-order valence-corrected chi connectivity index (χ4v) is 1.97. The summed E-state index contributed by atoms with van der Waals surface area (Å²) in [5, 5.41) is 0. The molecule has 0 aliphatic heterocycles. The molecule has 0 aliphatic rings. The number of ether oxygens (including phenoxy) is 1. The lowest BCUT2D eigenvalue weighted by molar-refractivity contribution is 0.100. The van der Waals surface area contributed by atoms with Crippen LogP contribution in [-0.2, 0) is 5.41 Å². The van der Waals surface area contributed by atoms with Gasteiger partial charge in [0.1, 0.15) is 11.5 Å². The molecule has 2 aromatic rings. The van der Waals surface area contributed by atoms with Gasteiger partial charge in [0.2, 0.25) is 0 Å². The molecule has 2 aromatic carbocycles. The average Bonchev–Trinajstić information content (AvgIpc) is 2.40. The van der Waals surface area contributed by atoms with Crippen LogP contribution in [0, 0.1) is 0 Å². The molecule has 0 unspecified atom stereocenters. The molecule has 0 atom stereocenters. The number of benzene rings is 2. The van der Waals surface area contributed by atoms with E-state index in [9.17, 15) is 4.79 Å². The third-order valence-corrected chi connectivity index (χ3v) is 3.23. The number of hydrogen-bond donors (Lipinski definition) is 2. The van der Waals surface area contributed by atoms with Crippen LogP contribution in [0.5, 0.6) is 11.5 Å². The van der Waals surface area contributed by atoms with Crippen molar-refractivity contribution < 1.29 is 9.53 Å². The second kappa shape index (κ2) is 5.48. The maximum absolute atomic E-state index is 11.3. The molecule has 0 radical (unpaired) electrons. The van der Waals surface area contributed by atoms with E-state index in [1.54, 1.807) is 18.2 Å². The van der Waals surface area contributed by atoms with E-state index >= 15 is 0 Å². The molecule has 4 heteroatoms. The summed E-state index contributed by atoms with van der Waals surface area (Å²) < 4.78 is 5.80. The van der Waals surface area contributed by atoms with Crippen LogP contribution in [0.15, 0.2) is 42.5 Å². The molecule has 1 amide bonds. The van der Waals surface area contributed by atoms with E-state index in [1.165, 1.54) is 5.56 Å². The first-order chi connectivity index (χ1) is 9.77. The number of carbonyl (C=O) groups is 1. The Labute approximate surface area is 124 Å². The summed E-state index contributed by atoms with van der Waals surface area (Å²) in [4.78, 5) is 11.3. The van der Waals surface area contributed by atoms with E-state index in [0.717, 1.165) is 0 Å². The molecule has 0 heterocycles. The molecule has 0 spiro atoms. The molecule has 4 N–H and O–H groups in total. The van der Waals surface area contributed by atoms with E-state index in [-0.39, 0.29) is 11.0 Å². The van der Waals surface area contributed by atoms with Crippen molar-refractivity contribution in [3.63, 3.8) is 0 Å². The van der Waals surface area contributed by atoms with Gasteiger partial charge in [-0.05, 0) is 41.3 Å². The predicted molar refractivity (Wildman–Crippen MR) is 84.6 cm³/mol. The summed E-state index contributed by atoms with van der Waals surface area (Å²) in [5.41, 5.74) is 12.8. The Bertz CT molecular complexity index is 673. The molecule has 0 saturated heterocycles. The van der Waals surface area contributed by atoms with Gasteiger partial charge in [-0.25, -0.2) is 0 Å². The summed E-state index contributed by atoms with van der Waals surface area (Å²) in [5.74, 6) is 0.674. The van der Waals surface area contributed by atoms with Crippen LogP contribution >= 0.6 is 0 Å². The zero-order valence-corrected chi connectivity index (χ0v) is 12.5. The van der Waals surface area contributed by atoms with Crippen LogP contribution in [0.3, 0.4) is 0 Å². The average molecular weight is 284 g/mol.